The Kier molecular flexibility index (Phi) is 8.27. The molecule has 0 aliphatic rings. The van der Waals surface area contributed by atoms with Gasteiger partial charge in [0.25, 0.3) is 0 Å². The van der Waals surface area contributed by atoms with Gasteiger partial charge < -0.3 is 4.74 Å². The number of rotatable bonds is 7. The lowest BCUT2D eigenvalue weighted by atomic mass is 9.96. The van der Waals surface area contributed by atoms with Crippen molar-refractivity contribution >= 4 is 0 Å². The monoisotopic (exact) mass is 168 g/mol. The Morgan fingerprint density at radius 2 is 2.17 bits per heavy atom. The molecule has 0 aromatic rings. The first-order chi connectivity index (χ1) is 5.85. The smallest absolute Gasteiger partial charge is 0.0465 e. The van der Waals surface area contributed by atoms with Crippen molar-refractivity contribution in [3.8, 4) is 12.3 Å². The summed E-state index contributed by atoms with van der Waals surface area (Å²) in [6.07, 6.45) is 11.1. The zero-order chi connectivity index (χ0) is 9.23. The van der Waals surface area contributed by atoms with Crippen LogP contribution in [-0.4, -0.2) is 13.7 Å². The van der Waals surface area contributed by atoms with Crippen LogP contribution in [0.15, 0.2) is 0 Å². The Morgan fingerprint density at radius 1 is 1.42 bits per heavy atom. The maximum Gasteiger partial charge on any atom is 0.0465 e. The summed E-state index contributed by atoms with van der Waals surface area (Å²) in [5.74, 6) is 3.41. The normalized spacial score (nSPS) is 12.4. The highest BCUT2D eigenvalue weighted by molar-refractivity contribution is 4.86. The molecule has 0 aliphatic heterocycles. The van der Waals surface area contributed by atoms with Crippen molar-refractivity contribution in [1.82, 2.24) is 0 Å². The van der Waals surface area contributed by atoms with Crippen molar-refractivity contribution in [1.29, 1.82) is 0 Å². The van der Waals surface area contributed by atoms with Crippen molar-refractivity contribution in [2.24, 2.45) is 5.92 Å². The van der Waals surface area contributed by atoms with Crippen LogP contribution in [0.5, 0.6) is 0 Å². The predicted molar refractivity (Wildman–Crippen MR) is 53.0 cm³/mol. The van der Waals surface area contributed by atoms with Crippen LogP contribution in [0.2, 0.25) is 0 Å². The molecule has 70 valence electrons. The van der Waals surface area contributed by atoms with Crippen molar-refractivity contribution in [2.45, 2.75) is 39.0 Å². The van der Waals surface area contributed by atoms with Gasteiger partial charge in [0, 0.05) is 20.1 Å². The standard InChI is InChI=1S/C11H20O/c1-4-6-8-11(7-5-2)9-10-12-3/h2,11H,4,6-10H2,1,3H3. The summed E-state index contributed by atoms with van der Waals surface area (Å²) >= 11 is 0. The minimum absolute atomic E-state index is 0.676. The molecule has 0 aromatic carbocycles. The first-order valence-corrected chi connectivity index (χ1v) is 4.77. The Bertz CT molecular complexity index is 115. The van der Waals surface area contributed by atoms with Crippen LogP contribution >= 0.6 is 0 Å². The molecule has 0 N–H and O–H groups in total. The Hall–Kier alpha value is -0.480. The van der Waals surface area contributed by atoms with E-state index in [1.54, 1.807) is 7.11 Å². The lowest BCUT2D eigenvalue weighted by Crippen LogP contribution is -2.03. The summed E-state index contributed by atoms with van der Waals surface area (Å²) < 4.78 is 5.03. The van der Waals surface area contributed by atoms with Crippen molar-refractivity contribution < 1.29 is 4.74 Å². The van der Waals surface area contributed by atoms with E-state index in [0.29, 0.717) is 5.92 Å². The van der Waals surface area contributed by atoms with E-state index in [1.165, 1.54) is 19.3 Å². The summed E-state index contributed by atoms with van der Waals surface area (Å²) in [7, 11) is 1.74. The number of terminal acetylenes is 1. The lowest BCUT2D eigenvalue weighted by Gasteiger charge is -2.12. The molecule has 1 heteroatoms. The van der Waals surface area contributed by atoms with Gasteiger partial charge in [0.05, 0.1) is 0 Å². The quantitative estimate of drug-likeness (QED) is 0.531. The van der Waals surface area contributed by atoms with E-state index in [4.69, 9.17) is 11.2 Å². The molecule has 0 fully saturated rings. The summed E-state index contributed by atoms with van der Waals surface area (Å²) in [5, 5.41) is 0. The molecule has 0 heterocycles. The van der Waals surface area contributed by atoms with Gasteiger partial charge in [-0.15, -0.1) is 12.3 Å². The van der Waals surface area contributed by atoms with Crippen LogP contribution in [0, 0.1) is 18.3 Å². The Morgan fingerprint density at radius 3 is 2.67 bits per heavy atom. The average molecular weight is 168 g/mol. The molecule has 0 bridgehead atoms. The van der Waals surface area contributed by atoms with Gasteiger partial charge in [-0.25, -0.2) is 0 Å². The maximum atomic E-state index is 5.28. The van der Waals surface area contributed by atoms with E-state index >= 15 is 0 Å². The van der Waals surface area contributed by atoms with Gasteiger partial charge in [0.1, 0.15) is 0 Å². The maximum absolute atomic E-state index is 5.28. The molecule has 1 unspecified atom stereocenters. The fourth-order valence-corrected chi connectivity index (χ4v) is 1.29. The zero-order valence-corrected chi connectivity index (χ0v) is 8.31. The highest BCUT2D eigenvalue weighted by Crippen LogP contribution is 2.16. The van der Waals surface area contributed by atoms with Crippen LogP contribution in [-0.2, 0) is 4.74 Å². The molecular formula is C11H20O. The van der Waals surface area contributed by atoms with Crippen molar-refractivity contribution in [3.63, 3.8) is 0 Å². The van der Waals surface area contributed by atoms with E-state index in [2.05, 4.69) is 12.8 Å². The molecule has 0 saturated carbocycles. The van der Waals surface area contributed by atoms with Crippen LogP contribution in [0.4, 0.5) is 0 Å². The minimum atomic E-state index is 0.676. The second-order valence-corrected chi connectivity index (χ2v) is 3.20. The number of hydrogen-bond acceptors (Lipinski definition) is 1. The minimum Gasteiger partial charge on any atom is -0.385 e. The topological polar surface area (TPSA) is 9.23 Å². The first kappa shape index (κ1) is 11.5. The fourth-order valence-electron chi connectivity index (χ4n) is 1.29. The number of ether oxygens (including phenoxy) is 1. The molecule has 0 saturated heterocycles. The molecule has 0 radical (unpaired) electrons. The zero-order valence-electron chi connectivity index (χ0n) is 8.31. The highest BCUT2D eigenvalue weighted by Gasteiger charge is 2.05. The molecule has 12 heavy (non-hydrogen) atoms. The molecule has 0 spiro atoms. The Balaban J connectivity index is 3.48. The fraction of sp³-hybridized carbons (Fsp3) is 0.818. The van der Waals surface area contributed by atoms with Crippen LogP contribution < -0.4 is 0 Å². The van der Waals surface area contributed by atoms with Crippen LogP contribution in [0.3, 0.4) is 0 Å². The van der Waals surface area contributed by atoms with Crippen LogP contribution in [0.1, 0.15) is 39.0 Å². The summed E-state index contributed by atoms with van der Waals surface area (Å²) in [4.78, 5) is 0. The highest BCUT2D eigenvalue weighted by atomic mass is 16.5. The van der Waals surface area contributed by atoms with Gasteiger partial charge in [-0.1, -0.05) is 19.8 Å². The molecule has 0 rings (SSSR count). The van der Waals surface area contributed by atoms with Crippen LogP contribution in [0.25, 0.3) is 0 Å². The van der Waals surface area contributed by atoms with Gasteiger partial charge in [-0.3, -0.25) is 0 Å². The van der Waals surface area contributed by atoms with Crippen molar-refractivity contribution in [3.05, 3.63) is 0 Å². The van der Waals surface area contributed by atoms with E-state index in [9.17, 15) is 0 Å². The number of hydrogen-bond donors (Lipinski definition) is 0. The molecule has 0 amide bonds. The van der Waals surface area contributed by atoms with Gasteiger partial charge in [-0.2, -0.15) is 0 Å². The SMILES string of the molecule is C#CCC(CCCC)CCOC. The molecule has 1 nitrogen and oxygen atoms in total. The number of methoxy groups -OCH3 is 1. The number of unbranched alkanes of at least 4 members (excludes halogenated alkanes) is 1. The van der Waals surface area contributed by atoms with Gasteiger partial charge in [0.15, 0.2) is 0 Å². The predicted octanol–water partition coefficient (Wildman–Crippen LogP) is 2.85. The summed E-state index contributed by atoms with van der Waals surface area (Å²) in [5.41, 5.74) is 0. The molecular weight excluding hydrogens is 148 g/mol. The van der Waals surface area contributed by atoms with E-state index < -0.39 is 0 Å². The summed E-state index contributed by atoms with van der Waals surface area (Å²) in [6.45, 7) is 3.05. The molecule has 0 aromatic heterocycles. The lowest BCUT2D eigenvalue weighted by molar-refractivity contribution is 0.175. The largest absolute Gasteiger partial charge is 0.385 e. The third-order valence-electron chi connectivity index (χ3n) is 2.10. The van der Waals surface area contributed by atoms with Gasteiger partial charge in [-0.05, 0) is 18.8 Å². The first-order valence-electron chi connectivity index (χ1n) is 4.77. The third-order valence-corrected chi connectivity index (χ3v) is 2.10. The van der Waals surface area contributed by atoms with Crippen molar-refractivity contribution in [2.75, 3.05) is 13.7 Å². The van der Waals surface area contributed by atoms with Gasteiger partial charge in [0.2, 0.25) is 0 Å². The average Bonchev–Trinajstić information content (AvgIpc) is 2.10. The van der Waals surface area contributed by atoms with Gasteiger partial charge >= 0.3 is 0 Å². The van der Waals surface area contributed by atoms with E-state index in [-0.39, 0.29) is 0 Å². The third kappa shape index (κ3) is 6.24. The summed E-state index contributed by atoms with van der Waals surface area (Å²) in [6, 6.07) is 0. The molecule has 0 aliphatic carbocycles. The Labute approximate surface area is 76.5 Å². The molecule has 1 atom stereocenters. The second kappa shape index (κ2) is 8.62. The second-order valence-electron chi connectivity index (χ2n) is 3.20. The van der Waals surface area contributed by atoms with E-state index in [1.807, 2.05) is 0 Å². The van der Waals surface area contributed by atoms with E-state index in [0.717, 1.165) is 19.4 Å².